The number of hydrogen-bond acceptors (Lipinski definition) is 0. The molecule has 0 saturated carbocycles. The molecule has 0 heterocycles. The Bertz CT molecular complexity index is 501. The Hall–Kier alpha value is -1.48. The summed E-state index contributed by atoms with van der Waals surface area (Å²) in [5, 5.41) is 0. The van der Waals surface area contributed by atoms with Crippen molar-refractivity contribution in [2.75, 3.05) is 0 Å². The van der Waals surface area contributed by atoms with Crippen molar-refractivity contribution in [2.24, 2.45) is 0 Å². The maximum atomic E-state index is 3.25. The molecule has 16 heavy (non-hydrogen) atoms. The van der Waals surface area contributed by atoms with Crippen molar-refractivity contribution in [3.05, 3.63) is 65.7 Å². The molecule has 0 aliphatic heterocycles. The van der Waals surface area contributed by atoms with E-state index in [0.717, 1.165) is 5.56 Å². The van der Waals surface area contributed by atoms with Gasteiger partial charge in [-0.3, -0.25) is 0 Å². The standard InChI is InChI=1S/C15H12Se/c1-13-7-9-14(10-8-13)11-12-16-15-5-3-2-4-6-15/h2-10H,1H3. The van der Waals surface area contributed by atoms with E-state index in [1.165, 1.54) is 10.0 Å². The van der Waals surface area contributed by atoms with Gasteiger partial charge in [-0.15, -0.1) is 0 Å². The van der Waals surface area contributed by atoms with Crippen molar-refractivity contribution < 1.29 is 0 Å². The fraction of sp³-hybridized carbons (Fsp3) is 0.0667. The van der Waals surface area contributed by atoms with E-state index < -0.39 is 0 Å². The minimum atomic E-state index is 0.256. The van der Waals surface area contributed by atoms with Gasteiger partial charge in [0.15, 0.2) is 0 Å². The fourth-order valence-electron chi connectivity index (χ4n) is 1.27. The Balaban J connectivity index is 2.03. The topological polar surface area (TPSA) is 0 Å². The van der Waals surface area contributed by atoms with Crippen LogP contribution in [0.2, 0.25) is 0 Å². The Morgan fingerprint density at radius 1 is 0.875 bits per heavy atom. The van der Waals surface area contributed by atoms with Crippen LogP contribution in [0.25, 0.3) is 0 Å². The molecule has 78 valence electrons. The summed E-state index contributed by atoms with van der Waals surface area (Å²) in [6.07, 6.45) is 0. The van der Waals surface area contributed by atoms with Crippen LogP contribution in [0.3, 0.4) is 0 Å². The summed E-state index contributed by atoms with van der Waals surface area (Å²) < 4.78 is 1.33. The third-order valence-corrected chi connectivity index (χ3v) is 3.65. The van der Waals surface area contributed by atoms with Crippen molar-refractivity contribution in [2.45, 2.75) is 6.92 Å². The zero-order valence-corrected chi connectivity index (χ0v) is 10.8. The van der Waals surface area contributed by atoms with Gasteiger partial charge in [0, 0.05) is 0 Å². The molecule has 0 spiro atoms. The predicted octanol–water partition coefficient (Wildman–Crippen LogP) is 2.33. The zero-order valence-electron chi connectivity index (χ0n) is 9.10. The summed E-state index contributed by atoms with van der Waals surface area (Å²) >= 11 is 0.256. The monoisotopic (exact) mass is 272 g/mol. The second kappa shape index (κ2) is 5.56. The molecular weight excluding hydrogens is 259 g/mol. The van der Waals surface area contributed by atoms with E-state index in [9.17, 15) is 0 Å². The summed E-state index contributed by atoms with van der Waals surface area (Å²) in [6.45, 7) is 2.09. The first kappa shape index (κ1) is 11.0. The Morgan fingerprint density at radius 2 is 1.56 bits per heavy atom. The van der Waals surface area contributed by atoms with Gasteiger partial charge in [0.2, 0.25) is 0 Å². The molecule has 0 N–H and O–H groups in total. The van der Waals surface area contributed by atoms with Crippen LogP contribution in [0, 0.1) is 17.7 Å². The minimum absolute atomic E-state index is 0.256. The Morgan fingerprint density at radius 3 is 2.25 bits per heavy atom. The van der Waals surface area contributed by atoms with Gasteiger partial charge in [0.1, 0.15) is 0 Å². The van der Waals surface area contributed by atoms with E-state index in [-0.39, 0.29) is 15.0 Å². The average Bonchev–Trinajstić information content (AvgIpc) is 2.33. The van der Waals surface area contributed by atoms with Crippen LogP contribution in [0.5, 0.6) is 0 Å². The number of benzene rings is 2. The average molecular weight is 271 g/mol. The molecule has 0 aliphatic rings. The van der Waals surface area contributed by atoms with E-state index in [0.29, 0.717) is 0 Å². The van der Waals surface area contributed by atoms with Gasteiger partial charge >= 0.3 is 103 Å². The Kier molecular flexibility index (Phi) is 3.83. The van der Waals surface area contributed by atoms with Gasteiger partial charge in [0.25, 0.3) is 0 Å². The van der Waals surface area contributed by atoms with E-state index in [1.807, 2.05) is 6.07 Å². The molecule has 0 fully saturated rings. The number of rotatable bonds is 1. The first-order chi connectivity index (χ1) is 7.84. The zero-order chi connectivity index (χ0) is 11.2. The molecule has 0 nitrogen and oxygen atoms in total. The van der Waals surface area contributed by atoms with Crippen LogP contribution in [0.4, 0.5) is 0 Å². The molecule has 0 aromatic heterocycles. The van der Waals surface area contributed by atoms with Crippen LogP contribution < -0.4 is 4.46 Å². The van der Waals surface area contributed by atoms with E-state index in [2.05, 4.69) is 66.2 Å². The van der Waals surface area contributed by atoms with Crippen LogP contribution in [-0.4, -0.2) is 15.0 Å². The van der Waals surface area contributed by atoms with E-state index in [4.69, 9.17) is 0 Å². The van der Waals surface area contributed by atoms with Crippen LogP contribution in [0.15, 0.2) is 54.6 Å². The molecule has 2 rings (SSSR count). The summed E-state index contributed by atoms with van der Waals surface area (Å²) in [5.74, 6) is 3.20. The fourth-order valence-corrected chi connectivity index (χ4v) is 2.49. The molecule has 2 aromatic carbocycles. The van der Waals surface area contributed by atoms with Crippen LogP contribution >= 0.6 is 0 Å². The molecule has 0 aliphatic carbocycles. The SMILES string of the molecule is Cc1ccc(C#C[Se]c2ccccc2)cc1. The second-order valence-electron chi connectivity index (χ2n) is 3.51. The van der Waals surface area contributed by atoms with Crippen LogP contribution in [-0.2, 0) is 0 Å². The molecule has 0 radical (unpaired) electrons. The summed E-state index contributed by atoms with van der Waals surface area (Å²) in [5.41, 5.74) is 2.38. The third-order valence-electron chi connectivity index (χ3n) is 2.16. The normalized spacial score (nSPS) is 9.31. The summed E-state index contributed by atoms with van der Waals surface area (Å²) in [4.78, 5) is 3.25. The predicted molar refractivity (Wildman–Crippen MR) is 69.9 cm³/mol. The second-order valence-corrected chi connectivity index (χ2v) is 5.35. The van der Waals surface area contributed by atoms with Crippen molar-refractivity contribution in [1.82, 2.24) is 0 Å². The van der Waals surface area contributed by atoms with E-state index in [1.54, 1.807) is 0 Å². The Labute approximate surface area is 103 Å². The molecule has 0 amide bonds. The number of hydrogen-bond donors (Lipinski definition) is 0. The molecule has 0 unspecified atom stereocenters. The van der Waals surface area contributed by atoms with Gasteiger partial charge in [-0.05, 0) is 0 Å². The third kappa shape index (κ3) is 3.28. The molecule has 2 aromatic rings. The molecule has 1 heteroatoms. The van der Waals surface area contributed by atoms with Crippen molar-refractivity contribution >= 4 is 19.4 Å². The van der Waals surface area contributed by atoms with Gasteiger partial charge < -0.3 is 0 Å². The van der Waals surface area contributed by atoms with Gasteiger partial charge in [-0.1, -0.05) is 0 Å². The first-order valence-electron chi connectivity index (χ1n) is 5.14. The van der Waals surface area contributed by atoms with Crippen molar-refractivity contribution in [1.29, 1.82) is 0 Å². The molecule has 0 bridgehead atoms. The summed E-state index contributed by atoms with van der Waals surface area (Å²) in [7, 11) is 0. The molecular formula is C15H12Se. The van der Waals surface area contributed by atoms with E-state index >= 15 is 0 Å². The quantitative estimate of drug-likeness (QED) is 0.551. The number of aryl methyl sites for hydroxylation is 1. The first-order valence-corrected chi connectivity index (χ1v) is 6.85. The van der Waals surface area contributed by atoms with Crippen molar-refractivity contribution in [3.63, 3.8) is 0 Å². The molecule has 0 saturated heterocycles. The molecule has 0 atom stereocenters. The summed E-state index contributed by atoms with van der Waals surface area (Å²) in [6, 6.07) is 18.8. The van der Waals surface area contributed by atoms with Gasteiger partial charge in [-0.2, -0.15) is 0 Å². The van der Waals surface area contributed by atoms with Gasteiger partial charge in [0.05, 0.1) is 0 Å². The van der Waals surface area contributed by atoms with Gasteiger partial charge in [-0.25, -0.2) is 0 Å². The van der Waals surface area contributed by atoms with Crippen molar-refractivity contribution in [3.8, 4) is 10.7 Å². The maximum absolute atomic E-state index is 3.25. The van der Waals surface area contributed by atoms with Crippen LogP contribution in [0.1, 0.15) is 11.1 Å².